The highest BCUT2D eigenvalue weighted by molar-refractivity contribution is 6.21. The molecule has 3 atom stereocenters. The summed E-state index contributed by atoms with van der Waals surface area (Å²) in [5.41, 5.74) is 2.43. The third kappa shape index (κ3) is 2.33. The summed E-state index contributed by atoms with van der Waals surface area (Å²) in [6.45, 7) is 4.14. The fraction of sp³-hybridized carbons (Fsp3) is 0.538. The molecule has 16 heavy (non-hydrogen) atoms. The number of rotatable bonds is 3. The van der Waals surface area contributed by atoms with Crippen molar-refractivity contribution in [2.75, 3.05) is 7.11 Å². The molecule has 1 fully saturated rings. The lowest BCUT2D eigenvalue weighted by molar-refractivity contribution is -0.0583. The summed E-state index contributed by atoms with van der Waals surface area (Å²) in [5, 5.41) is 0.0842. The van der Waals surface area contributed by atoms with Gasteiger partial charge in [0.25, 0.3) is 0 Å². The lowest BCUT2D eigenvalue weighted by Crippen LogP contribution is -2.52. The molecular weight excluding hydrogens is 224 g/mol. The van der Waals surface area contributed by atoms with E-state index in [1.807, 2.05) is 12.1 Å². The Kier molecular flexibility index (Phi) is 3.41. The zero-order chi connectivity index (χ0) is 11.7. The molecule has 1 aromatic carbocycles. The van der Waals surface area contributed by atoms with Crippen LogP contribution >= 0.6 is 11.6 Å². The number of aryl methyl sites for hydroxylation is 2. The molecule has 3 unspecified atom stereocenters. The molecule has 0 saturated heterocycles. The van der Waals surface area contributed by atoms with Crippen molar-refractivity contribution >= 4 is 11.6 Å². The van der Waals surface area contributed by atoms with Crippen molar-refractivity contribution in [2.45, 2.75) is 37.9 Å². The molecule has 2 rings (SSSR count). The third-order valence-electron chi connectivity index (χ3n) is 2.94. The molecule has 0 amide bonds. The van der Waals surface area contributed by atoms with Gasteiger partial charge in [-0.3, -0.25) is 0 Å². The van der Waals surface area contributed by atoms with Crippen LogP contribution in [-0.4, -0.2) is 24.7 Å². The molecule has 0 N–H and O–H groups in total. The van der Waals surface area contributed by atoms with Crippen LogP contribution in [0, 0.1) is 13.8 Å². The average Bonchev–Trinajstić information content (AvgIpc) is 2.15. The molecule has 0 aliphatic heterocycles. The van der Waals surface area contributed by atoms with Gasteiger partial charge < -0.3 is 9.47 Å². The van der Waals surface area contributed by atoms with Gasteiger partial charge in [0.05, 0.1) is 5.38 Å². The van der Waals surface area contributed by atoms with Gasteiger partial charge in [0, 0.05) is 13.5 Å². The molecular formula is C13H17ClO2. The molecule has 3 heteroatoms. The summed E-state index contributed by atoms with van der Waals surface area (Å²) < 4.78 is 11.2. The predicted octanol–water partition coefficient (Wildman–Crippen LogP) is 3.08. The summed E-state index contributed by atoms with van der Waals surface area (Å²) in [6, 6.07) is 6.22. The Bertz CT molecular complexity index is 358. The van der Waals surface area contributed by atoms with Crippen molar-refractivity contribution in [2.24, 2.45) is 0 Å². The average molecular weight is 241 g/mol. The van der Waals surface area contributed by atoms with Crippen LogP contribution in [-0.2, 0) is 4.74 Å². The van der Waals surface area contributed by atoms with Crippen LogP contribution in [0.1, 0.15) is 17.5 Å². The van der Waals surface area contributed by atoms with E-state index in [2.05, 4.69) is 19.9 Å². The van der Waals surface area contributed by atoms with Crippen molar-refractivity contribution in [1.82, 2.24) is 0 Å². The SMILES string of the molecule is COC1C(Cl)CC1Oc1cc(C)cc(C)c1. The fourth-order valence-corrected chi connectivity index (χ4v) is 2.56. The molecule has 0 spiro atoms. The zero-order valence-electron chi connectivity index (χ0n) is 9.87. The number of hydrogen-bond donors (Lipinski definition) is 0. The van der Waals surface area contributed by atoms with Crippen molar-refractivity contribution in [3.05, 3.63) is 29.3 Å². The molecule has 1 aliphatic rings. The van der Waals surface area contributed by atoms with E-state index in [-0.39, 0.29) is 17.6 Å². The van der Waals surface area contributed by atoms with Crippen LogP contribution in [0.25, 0.3) is 0 Å². The Balaban J connectivity index is 2.04. The minimum absolute atomic E-state index is 0.0162. The quantitative estimate of drug-likeness (QED) is 0.756. The van der Waals surface area contributed by atoms with E-state index < -0.39 is 0 Å². The smallest absolute Gasteiger partial charge is 0.128 e. The Morgan fingerprint density at radius 3 is 2.31 bits per heavy atom. The number of hydrogen-bond acceptors (Lipinski definition) is 2. The van der Waals surface area contributed by atoms with E-state index in [9.17, 15) is 0 Å². The molecule has 1 aliphatic carbocycles. The van der Waals surface area contributed by atoms with Crippen molar-refractivity contribution in [1.29, 1.82) is 0 Å². The van der Waals surface area contributed by atoms with E-state index in [1.165, 1.54) is 11.1 Å². The molecule has 0 heterocycles. The number of alkyl halides is 1. The van der Waals surface area contributed by atoms with Gasteiger partial charge in [0.1, 0.15) is 18.0 Å². The Hall–Kier alpha value is -0.730. The second kappa shape index (κ2) is 4.64. The first-order chi connectivity index (χ1) is 7.60. The summed E-state index contributed by atoms with van der Waals surface area (Å²) in [5.74, 6) is 0.910. The molecule has 1 aromatic rings. The van der Waals surface area contributed by atoms with Gasteiger partial charge >= 0.3 is 0 Å². The van der Waals surface area contributed by atoms with Crippen molar-refractivity contribution < 1.29 is 9.47 Å². The standard InChI is InChI=1S/C13H17ClO2/c1-8-4-9(2)6-10(5-8)16-12-7-11(14)13(12)15-3/h4-6,11-13H,7H2,1-3H3. The van der Waals surface area contributed by atoms with Crippen LogP contribution in [0.4, 0.5) is 0 Å². The molecule has 88 valence electrons. The fourth-order valence-electron chi connectivity index (χ4n) is 2.12. The Morgan fingerprint density at radius 1 is 1.19 bits per heavy atom. The maximum absolute atomic E-state index is 6.03. The van der Waals surface area contributed by atoms with Crippen LogP contribution < -0.4 is 4.74 Å². The van der Waals surface area contributed by atoms with E-state index in [0.29, 0.717) is 0 Å². The minimum atomic E-state index is 0.0162. The third-order valence-corrected chi connectivity index (χ3v) is 3.36. The number of benzene rings is 1. The van der Waals surface area contributed by atoms with Crippen LogP contribution in [0.2, 0.25) is 0 Å². The lowest BCUT2D eigenvalue weighted by Gasteiger charge is -2.39. The van der Waals surface area contributed by atoms with Crippen molar-refractivity contribution in [3.63, 3.8) is 0 Å². The number of methoxy groups -OCH3 is 1. The van der Waals surface area contributed by atoms with E-state index in [4.69, 9.17) is 21.1 Å². The second-order valence-corrected chi connectivity index (χ2v) is 4.99. The number of halogens is 1. The summed E-state index contributed by atoms with van der Waals surface area (Å²) in [4.78, 5) is 0. The number of ether oxygens (including phenoxy) is 2. The molecule has 0 aromatic heterocycles. The van der Waals surface area contributed by atoms with Crippen LogP contribution in [0.3, 0.4) is 0 Å². The largest absolute Gasteiger partial charge is 0.488 e. The first-order valence-electron chi connectivity index (χ1n) is 5.52. The van der Waals surface area contributed by atoms with Crippen LogP contribution in [0.5, 0.6) is 5.75 Å². The Labute approximate surface area is 102 Å². The Morgan fingerprint density at radius 2 is 1.81 bits per heavy atom. The monoisotopic (exact) mass is 240 g/mol. The highest BCUT2D eigenvalue weighted by Gasteiger charge is 2.42. The van der Waals surface area contributed by atoms with Gasteiger partial charge in [-0.25, -0.2) is 0 Å². The van der Waals surface area contributed by atoms with Gasteiger partial charge in [0.15, 0.2) is 0 Å². The highest BCUT2D eigenvalue weighted by atomic mass is 35.5. The first kappa shape index (κ1) is 11.7. The van der Waals surface area contributed by atoms with Gasteiger partial charge in [0.2, 0.25) is 0 Å². The van der Waals surface area contributed by atoms with Gasteiger partial charge in [-0.2, -0.15) is 0 Å². The van der Waals surface area contributed by atoms with Crippen molar-refractivity contribution in [3.8, 4) is 5.75 Å². The van der Waals surface area contributed by atoms with Crippen LogP contribution in [0.15, 0.2) is 18.2 Å². The van der Waals surface area contributed by atoms with Gasteiger partial charge in [-0.05, 0) is 37.1 Å². The maximum atomic E-state index is 6.03. The second-order valence-electron chi connectivity index (χ2n) is 4.43. The summed E-state index contributed by atoms with van der Waals surface area (Å²) in [7, 11) is 1.68. The van der Waals surface area contributed by atoms with E-state index >= 15 is 0 Å². The summed E-state index contributed by atoms with van der Waals surface area (Å²) in [6.07, 6.45) is 0.962. The van der Waals surface area contributed by atoms with Gasteiger partial charge in [-0.1, -0.05) is 6.07 Å². The first-order valence-corrected chi connectivity index (χ1v) is 5.95. The minimum Gasteiger partial charge on any atom is -0.488 e. The molecule has 0 radical (unpaired) electrons. The van der Waals surface area contributed by atoms with E-state index in [1.54, 1.807) is 7.11 Å². The zero-order valence-corrected chi connectivity index (χ0v) is 10.6. The van der Waals surface area contributed by atoms with Gasteiger partial charge in [-0.15, -0.1) is 11.6 Å². The maximum Gasteiger partial charge on any atom is 0.128 e. The lowest BCUT2D eigenvalue weighted by atomic mass is 9.91. The highest BCUT2D eigenvalue weighted by Crippen LogP contribution is 2.32. The molecule has 1 saturated carbocycles. The van der Waals surface area contributed by atoms with E-state index in [0.717, 1.165) is 12.2 Å². The molecule has 2 nitrogen and oxygen atoms in total. The topological polar surface area (TPSA) is 18.5 Å². The predicted molar refractivity (Wildman–Crippen MR) is 65.4 cm³/mol. The molecule has 0 bridgehead atoms. The normalized spacial score (nSPS) is 28.6. The summed E-state index contributed by atoms with van der Waals surface area (Å²) >= 11 is 6.03.